The summed E-state index contributed by atoms with van der Waals surface area (Å²) < 4.78 is 6.43. The fourth-order valence-electron chi connectivity index (χ4n) is 3.79. The maximum atomic E-state index is 6.43. The molecule has 0 radical (unpaired) electrons. The van der Waals surface area contributed by atoms with E-state index in [1.807, 2.05) is 42.5 Å². The summed E-state index contributed by atoms with van der Waals surface area (Å²) in [5.74, 6) is 1.42. The van der Waals surface area contributed by atoms with Crippen molar-refractivity contribution in [1.29, 1.82) is 0 Å². The van der Waals surface area contributed by atoms with Crippen molar-refractivity contribution >= 4 is 0 Å². The van der Waals surface area contributed by atoms with Gasteiger partial charge in [-0.15, -0.1) is 0 Å². The van der Waals surface area contributed by atoms with Crippen LogP contribution in [0.2, 0.25) is 0 Å². The lowest BCUT2D eigenvalue weighted by Gasteiger charge is -2.09. The Morgan fingerprint density at radius 3 is 1.73 bits per heavy atom. The van der Waals surface area contributed by atoms with Crippen LogP contribution in [0.15, 0.2) is 114 Å². The van der Waals surface area contributed by atoms with E-state index in [2.05, 4.69) is 73.7 Å². The molecule has 0 atom stereocenters. The first-order valence-corrected chi connectivity index (χ1v) is 10.1. The molecule has 4 aromatic carbocycles. The van der Waals surface area contributed by atoms with Crippen molar-refractivity contribution in [3.05, 3.63) is 115 Å². The Kier molecular flexibility index (Phi) is 4.74. The summed E-state index contributed by atoms with van der Waals surface area (Å²) in [6.45, 7) is 2.13. The van der Waals surface area contributed by atoms with E-state index in [0.29, 0.717) is 5.89 Å². The van der Waals surface area contributed by atoms with Gasteiger partial charge in [-0.3, -0.25) is 0 Å². The van der Waals surface area contributed by atoms with Crippen LogP contribution in [0.25, 0.3) is 45.2 Å². The molecule has 2 nitrogen and oxygen atoms in total. The Bertz CT molecular complexity index is 1230. The number of rotatable bonds is 4. The minimum atomic E-state index is 0.631. The predicted molar refractivity (Wildman–Crippen MR) is 123 cm³/mol. The fraction of sp³-hybridized carbons (Fsp3) is 0.0357. The third-order valence-corrected chi connectivity index (χ3v) is 5.30. The van der Waals surface area contributed by atoms with Crippen molar-refractivity contribution in [2.75, 3.05) is 0 Å². The first kappa shape index (κ1) is 18.1. The highest BCUT2D eigenvalue weighted by molar-refractivity contribution is 5.85. The molecule has 30 heavy (non-hydrogen) atoms. The summed E-state index contributed by atoms with van der Waals surface area (Å²) >= 11 is 0. The summed E-state index contributed by atoms with van der Waals surface area (Å²) in [4.78, 5) is 4.98. The van der Waals surface area contributed by atoms with Crippen LogP contribution < -0.4 is 0 Å². The van der Waals surface area contributed by atoms with Crippen LogP contribution in [-0.2, 0) is 0 Å². The molecule has 5 aromatic rings. The lowest BCUT2D eigenvalue weighted by Crippen LogP contribution is -1.88. The Labute approximate surface area is 176 Å². The first-order chi connectivity index (χ1) is 14.8. The van der Waals surface area contributed by atoms with Gasteiger partial charge in [-0.25, -0.2) is 4.98 Å². The standard InChI is InChI=1S/C28H21NO/c1-20-12-8-9-17-23(20)24-18-10-11-19-25(24)28-29-26(21-13-4-2-5-14-21)27(30-28)22-15-6-3-7-16-22/h2-19H,1H3. The third kappa shape index (κ3) is 3.33. The van der Waals surface area contributed by atoms with E-state index in [1.54, 1.807) is 0 Å². The topological polar surface area (TPSA) is 26.0 Å². The quantitative estimate of drug-likeness (QED) is 0.316. The predicted octanol–water partition coefficient (Wildman–Crippen LogP) is 7.65. The lowest BCUT2D eigenvalue weighted by molar-refractivity contribution is 0.589. The summed E-state index contributed by atoms with van der Waals surface area (Å²) in [7, 11) is 0. The van der Waals surface area contributed by atoms with E-state index < -0.39 is 0 Å². The molecule has 0 amide bonds. The van der Waals surface area contributed by atoms with Crippen LogP contribution in [0.4, 0.5) is 0 Å². The van der Waals surface area contributed by atoms with E-state index in [9.17, 15) is 0 Å². The third-order valence-electron chi connectivity index (χ3n) is 5.30. The van der Waals surface area contributed by atoms with Gasteiger partial charge in [0.05, 0.1) is 0 Å². The largest absolute Gasteiger partial charge is 0.435 e. The van der Waals surface area contributed by atoms with Gasteiger partial charge in [-0.05, 0) is 29.7 Å². The number of aromatic nitrogens is 1. The fourth-order valence-corrected chi connectivity index (χ4v) is 3.79. The van der Waals surface area contributed by atoms with Crippen LogP contribution in [0.1, 0.15) is 5.56 Å². The zero-order valence-electron chi connectivity index (χ0n) is 16.7. The second-order valence-electron chi connectivity index (χ2n) is 7.29. The smallest absolute Gasteiger partial charge is 0.227 e. The van der Waals surface area contributed by atoms with E-state index >= 15 is 0 Å². The Morgan fingerprint density at radius 1 is 0.533 bits per heavy atom. The molecule has 1 heterocycles. The molecular formula is C28H21NO. The maximum absolute atomic E-state index is 6.43. The van der Waals surface area contributed by atoms with Crippen LogP contribution in [0.5, 0.6) is 0 Å². The van der Waals surface area contributed by atoms with Crippen molar-refractivity contribution in [3.63, 3.8) is 0 Å². The van der Waals surface area contributed by atoms with Crippen LogP contribution in [-0.4, -0.2) is 4.98 Å². The average molecular weight is 387 g/mol. The van der Waals surface area contributed by atoms with Gasteiger partial charge in [-0.1, -0.05) is 103 Å². The molecule has 0 bridgehead atoms. The second-order valence-corrected chi connectivity index (χ2v) is 7.29. The SMILES string of the molecule is Cc1ccccc1-c1ccccc1-c1nc(-c2ccccc2)c(-c2ccccc2)o1. The number of nitrogens with zero attached hydrogens (tertiary/aromatic N) is 1. The Morgan fingerprint density at radius 2 is 1.07 bits per heavy atom. The highest BCUT2D eigenvalue weighted by atomic mass is 16.4. The van der Waals surface area contributed by atoms with Gasteiger partial charge < -0.3 is 4.42 Å². The van der Waals surface area contributed by atoms with Gasteiger partial charge in [0.1, 0.15) is 5.69 Å². The number of oxazole rings is 1. The van der Waals surface area contributed by atoms with E-state index in [4.69, 9.17) is 9.40 Å². The van der Waals surface area contributed by atoms with Gasteiger partial charge in [0, 0.05) is 16.7 Å². The molecule has 0 aliphatic carbocycles. The number of benzene rings is 4. The molecule has 5 rings (SSSR count). The minimum Gasteiger partial charge on any atom is -0.435 e. The number of hydrogen-bond donors (Lipinski definition) is 0. The Balaban J connectivity index is 1.73. The molecule has 0 aliphatic heterocycles. The van der Waals surface area contributed by atoms with E-state index in [-0.39, 0.29) is 0 Å². The molecule has 0 saturated carbocycles. The summed E-state index contributed by atoms with van der Waals surface area (Å²) in [5, 5.41) is 0. The molecule has 0 N–H and O–H groups in total. The maximum Gasteiger partial charge on any atom is 0.227 e. The summed E-state index contributed by atoms with van der Waals surface area (Å²) in [5.41, 5.74) is 7.44. The van der Waals surface area contributed by atoms with Crippen molar-refractivity contribution in [2.24, 2.45) is 0 Å². The van der Waals surface area contributed by atoms with Crippen LogP contribution in [0.3, 0.4) is 0 Å². The van der Waals surface area contributed by atoms with Crippen LogP contribution in [0, 0.1) is 6.92 Å². The van der Waals surface area contributed by atoms with Gasteiger partial charge in [0.25, 0.3) is 0 Å². The van der Waals surface area contributed by atoms with Crippen molar-refractivity contribution in [3.8, 4) is 45.2 Å². The summed E-state index contributed by atoms with van der Waals surface area (Å²) in [6.07, 6.45) is 0. The second kappa shape index (κ2) is 7.84. The zero-order valence-corrected chi connectivity index (χ0v) is 16.7. The van der Waals surface area contributed by atoms with Gasteiger partial charge in [0.15, 0.2) is 5.76 Å². The minimum absolute atomic E-state index is 0.631. The van der Waals surface area contributed by atoms with Gasteiger partial charge in [-0.2, -0.15) is 0 Å². The molecule has 0 aliphatic rings. The molecule has 0 fully saturated rings. The first-order valence-electron chi connectivity index (χ1n) is 10.1. The molecule has 1 aromatic heterocycles. The molecule has 0 saturated heterocycles. The van der Waals surface area contributed by atoms with Gasteiger partial charge >= 0.3 is 0 Å². The number of aryl methyl sites for hydroxylation is 1. The van der Waals surface area contributed by atoms with E-state index in [1.165, 1.54) is 11.1 Å². The highest BCUT2D eigenvalue weighted by Crippen LogP contribution is 2.39. The normalized spacial score (nSPS) is 10.8. The van der Waals surface area contributed by atoms with Crippen molar-refractivity contribution in [1.82, 2.24) is 4.98 Å². The highest BCUT2D eigenvalue weighted by Gasteiger charge is 2.20. The molecule has 2 heteroatoms. The molecule has 144 valence electrons. The molecule has 0 spiro atoms. The monoisotopic (exact) mass is 387 g/mol. The average Bonchev–Trinajstić information content (AvgIpc) is 3.26. The lowest BCUT2D eigenvalue weighted by atomic mass is 9.96. The molecule has 0 unspecified atom stereocenters. The molecular weight excluding hydrogens is 366 g/mol. The summed E-state index contributed by atoms with van der Waals surface area (Å²) in [6, 6.07) is 37.1. The van der Waals surface area contributed by atoms with Gasteiger partial charge in [0.2, 0.25) is 5.89 Å². The van der Waals surface area contributed by atoms with Crippen molar-refractivity contribution in [2.45, 2.75) is 6.92 Å². The van der Waals surface area contributed by atoms with E-state index in [0.717, 1.165) is 33.7 Å². The van der Waals surface area contributed by atoms with Crippen molar-refractivity contribution < 1.29 is 4.42 Å². The zero-order chi connectivity index (χ0) is 20.3. The Hall–Kier alpha value is -3.91. The van der Waals surface area contributed by atoms with Crippen LogP contribution >= 0.6 is 0 Å². The number of hydrogen-bond acceptors (Lipinski definition) is 2.